The van der Waals surface area contributed by atoms with Gasteiger partial charge in [0.1, 0.15) is 5.82 Å². The van der Waals surface area contributed by atoms with E-state index in [9.17, 15) is 4.79 Å². The van der Waals surface area contributed by atoms with Gasteiger partial charge < -0.3 is 13.9 Å². The largest absolute Gasteiger partial charge is 0.436 e. The maximum absolute atomic E-state index is 13.3. The molecule has 0 atom stereocenters. The second-order valence-corrected chi connectivity index (χ2v) is 15.1. The summed E-state index contributed by atoms with van der Waals surface area (Å²) in [4.78, 5) is 24.8. The molecule has 0 saturated carbocycles. The van der Waals surface area contributed by atoms with E-state index in [1.165, 1.54) is 22.3 Å². The molecule has 0 N–H and O–H groups in total. The van der Waals surface area contributed by atoms with Gasteiger partial charge in [0.25, 0.3) is 0 Å². The third kappa shape index (κ3) is 6.96. The van der Waals surface area contributed by atoms with Crippen molar-refractivity contribution in [3.05, 3.63) is 155 Å². The fraction of sp³-hybridized carbons (Fsp3) is 0.250. The molecular formula is C44H45BIrN6O-2. The smallest absolute Gasteiger partial charge is 0.399 e. The molecule has 1 radical (unpaired) electrons. The summed E-state index contributed by atoms with van der Waals surface area (Å²) in [6.45, 7) is 15.7. The molecular weight excluding hydrogens is 832 g/mol. The van der Waals surface area contributed by atoms with Crippen molar-refractivity contribution < 1.29 is 20.1 Å². The number of pyridine rings is 1. The Morgan fingerprint density at radius 1 is 0.755 bits per heavy atom. The van der Waals surface area contributed by atoms with Crippen LogP contribution in [0.4, 0.5) is 5.69 Å². The first-order valence-corrected chi connectivity index (χ1v) is 18.0. The molecule has 53 heavy (non-hydrogen) atoms. The third-order valence-electron chi connectivity index (χ3n) is 9.93. The Balaban J connectivity index is 0.000000178. The van der Waals surface area contributed by atoms with Crippen molar-refractivity contribution in [1.29, 1.82) is 0 Å². The molecule has 3 aromatic heterocycles. The summed E-state index contributed by atoms with van der Waals surface area (Å²) in [5.74, 6) is 2.54. The molecule has 4 heterocycles. The van der Waals surface area contributed by atoms with Gasteiger partial charge in [0.05, 0.1) is 0 Å². The number of benzene rings is 4. The van der Waals surface area contributed by atoms with Gasteiger partial charge >= 0.3 is 12.7 Å². The number of anilines is 1. The Morgan fingerprint density at radius 2 is 1.43 bits per heavy atom. The molecule has 1 aliphatic rings. The van der Waals surface area contributed by atoms with Crippen molar-refractivity contribution >= 4 is 29.2 Å². The van der Waals surface area contributed by atoms with Crippen molar-refractivity contribution in [2.75, 3.05) is 11.9 Å². The van der Waals surface area contributed by atoms with Crippen molar-refractivity contribution in [2.45, 2.75) is 65.7 Å². The fourth-order valence-corrected chi connectivity index (χ4v) is 7.29. The summed E-state index contributed by atoms with van der Waals surface area (Å²) in [6, 6.07) is 38.8. The minimum absolute atomic E-state index is 0. The van der Waals surface area contributed by atoms with Crippen LogP contribution >= 0.6 is 0 Å². The molecule has 0 unspecified atom stereocenters. The van der Waals surface area contributed by atoms with Crippen LogP contribution in [-0.2, 0) is 25.5 Å². The average molecular weight is 877 g/mol. The quantitative estimate of drug-likeness (QED) is 0.129. The van der Waals surface area contributed by atoms with E-state index in [0.717, 1.165) is 33.7 Å². The predicted molar refractivity (Wildman–Crippen MR) is 215 cm³/mol. The van der Waals surface area contributed by atoms with E-state index in [1.54, 1.807) is 15.3 Å². The summed E-state index contributed by atoms with van der Waals surface area (Å²) >= 11 is 0. The van der Waals surface area contributed by atoms with E-state index in [0.29, 0.717) is 17.7 Å². The number of hydrogen-bond donors (Lipinski definition) is 0. The number of fused-ring (bicyclic) bond motifs is 4. The first-order chi connectivity index (χ1) is 25.0. The summed E-state index contributed by atoms with van der Waals surface area (Å²) in [5.41, 5.74) is 9.82. The van der Waals surface area contributed by atoms with E-state index < -0.39 is 0 Å². The summed E-state index contributed by atoms with van der Waals surface area (Å²) in [7, 11) is 2.18. The van der Waals surface area contributed by atoms with Crippen molar-refractivity contribution in [3.8, 4) is 22.9 Å². The Kier molecular flexibility index (Phi) is 10.8. The van der Waals surface area contributed by atoms with Crippen molar-refractivity contribution in [3.63, 3.8) is 0 Å². The first kappa shape index (κ1) is 37.8. The predicted octanol–water partition coefficient (Wildman–Crippen LogP) is 8.56. The molecule has 1 aliphatic heterocycles. The van der Waals surface area contributed by atoms with Crippen LogP contribution < -0.4 is 16.0 Å². The molecule has 0 spiro atoms. The Labute approximate surface area is 326 Å². The fourth-order valence-electron chi connectivity index (χ4n) is 7.29. The number of hydrogen-bond acceptors (Lipinski definition) is 4. The maximum atomic E-state index is 13.3. The van der Waals surface area contributed by atoms with Crippen LogP contribution in [0.3, 0.4) is 0 Å². The number of para-hydroxylation sites is 2. The molecule has 9 heteroatoms. The van der Waals surface area contributed by atoms with Crippen LogP contribution in [-0.4, -0.2) is 37.6 Å². The van der Waals surface area contributed by atoms with Crippen LogP contribution in [0, 0.1) is 12.1 Å². The minimum atomic E-state index is -0.146. The SMILES string of the molecule is CC(C)(C)c1ccnc(-n2c(=O)n(-c3ccccc3)c3ccc[c-]c32)c1.CC(C)c1cccc(C(C)C)c1B1N(C)c2ccc[c-]c2-c2nccn21.[Ir]. The van der Waals surface area contributed by atoms with Crippen LogP contribution in [0.5, 0.6) is 0 Å². The van der Waals surface area contributed by atoms with Gasteiger partial charge in [-0.1, -0.05) is 96.1 Å². The van der Waals surface area contributed by atoms with Crippen LogP contribution in [0.25, 0.3) is 33.9 Å². The summed E-state index contributed by atoms with van der Waals surface area (Å²) in [6.07, 6.45) is 5.76. The van der Waals surface area contributed by atoms with Crippen molar-refractivity contribution in [1.82, 2.24) is 23.6 Å². The molecule has 0 amide bonds. The van der Waals surface area contributed by atoms with Gasteiger partial charge in [-0.25, -0.2) is 9.78 Å². The van der Waals surface area contributed by atoms with E-state index in [1.807, 2.05) is 72.9 Å². The molecule has 7 nitrogen and oxygen atoms in total. The molecule has 271 valence electrons. The molecule has 7 aromatic rings. The molecule has 0 fully saturated rings. The summed E-state index contributed by atoms with van der Waals surface area (Å²) in [5, 5.41) is 0. The Morgan fingerprint density at radius 3 is 2.11 bits per heavy atom. The first-order valence-electron chi connectivity index (χ1n) is 18.0. The number of imidazole rings is 2. The zero-order valence-corrected chi connectivity index (χ0v) is 34.0. The number of rotatable bonds is 5. The Hall–Kier alpha value is -4.98. The number of aromatic nitrogens is 5. The van der Waals surface area contributed by atoms with Gasteiger partial charge in [-0.3, -0.25) is 9.55 Å². The standard InChI is InChI=1S/C22H25BN3.C22H20N3O.Ir/c1-15(2)17-10-8-11-18(16(3)4)21(17)23-25(5)20-12-7-6-9-19(20)22-24-13-14-26(22)23;1-22(2,3)16-13-14-23-20(15-16)25-19-12-8-7-11-18(19)24(21(25)26)17-9-5-4-6-10-17;/h6-8,10-16H,1-5H3;4-11,13-15H,1-3H3;/q2*-1;. The molecule has 0 bridgehead atoms. The van der Waals surface area contributed by atoms with Crippen LogP contribution in [0.15, 0.2) is 120 Å². The van der Waals surface area contributed by atoms with E-state index in [-0.39, 0.29) is 38.2 Å². The zero-order chi connectivity index (χ0) is 36.7. The normalized spacial score (nSPS) is 12.3. The number of nitrogens with zero attached hydrogens (tertiary/aromatic N) is 6. The second-order valence-electron chi connectivity index (χ2n) is 15.1. The molecule has 4 aromatic carbocycles. The van der Waals surface area contributed by atoms with E-state index in [4.69, 9.17) is 0 Å². The van der Waals surface area contributed by atoms with Gasteiger partial charge in [-0.15, -0.1) is 30.3 Å². The van der Waals surface area contributed by atoms with Crippen LogP contribution in [0.1, 0.15) is 77.0 Å². The van der Waals surface area contributed by atoms with E-state index in [2.05, 4.69) is 123 Å². The molecule has 8 rings (SSSR count). The van der Waals surface area contributed by atoms with Gasteiger partial charge in [0.15, 0.2) is 0 Å². The zero-order valence-electron chi connectivity index (χ0n) is 31.6. The average Bonchev–Trinajstić information content (AvgIpc) is 3.74. The minimum Gasteiger partial charge on any atom is -0.436 e. The molecule has 0 saturated heterocycles. The van der Waals surface area contributed by atoms with Gasteiger partial charge in [0, 0.05) is 50.2 Å². The molecule has 0 aliphatic carbocycles. The summed E-state index contributed by atoms with van der Waals surface area (Å²) < 4.78 is 5.64. The van der Waals surface area contributed by atoms with Gasteiger partial charge in [-0.05, 0) is 81.8 Å². The topological polar surface area (TPSA) is 60.9 Å². The monoisotopic (exact) mass is 877 g/mol. The third-order valence-corrected chi connectivity index (χ3v) is 9.93. The Bertz CT molecular complexity index is 2390. The second kappa shape index (κ2) is 15.2. The van der Waals surface area contributed by atoms with Crippen molar-refractivity contribution in [2.24, 2.45) is 0 Å². The van der Waals surface area contributed by atoms with Gasteiger partial charge in [-0.2, -0.15) is 18.2 Å². The van der Waals surface area contributed by atoms with E-state index >= 15 is 0 Å². The van der Waals surface area contributed by atoms with Gasteiger partial charge in [0.2, 0.25) is 0 Å². The maximum Gasteiger partial charge on any atom is 0.399 e. The van der Waals surface area contributed by atoms with Crippen LogP contribution in [0.2, 0.25) is 0 Å².